The Morgan fingerprint density at radius 3 is 2.52 bits per heavy atom. The Kier molecular flexibility index (Phi) is 5.85. The first-order valence-corrected chi connectivity index (χ1v) is 10.0. The van der Waals surface area contributed by atoms with Crippen molar-refractivity contribution in [3.63, 3.8) is 0 Å². The van der Waals surface area contributed by atoms with Crippen molar-refractivity contribution in [2.45, 2.75) is 0 Å². The molecule has 0 aliphatic rings. The molecule has 0 saturated carbocycles. The van der Waals surface area contributed by atoms with Gasteiger partial charge in [0.25, 0.3) is 5.91 Å². The molecule has 0 aliphatic carbocycles. The number of aromatic nitrogens is 2. The predicted octanol–water partition coefficient (Wildman–Crippen LogP) is 4.67. The SMILES string of the molecule is O=C(COC(=O)c1cc(-c2cccs2)nn1-c1ccccc1)Nc1ccc(F)c(F)c1. The van der Waals surface area contributed by atoms with Gasteiger partial charge >= 0.3 is 5.97 Å². The first-order valence-electron chi connectivity index (χ1n) is 9.12. The molecule has 0 saturated heterocycles. The number of thiophene rings is 1. The number of anilines is 1. The van der Waals surface area contributed by atoms with Gasteiger partial charge in [-0.05, 0) is 35.7 Å². The highest BCUT2D eigenvalue weighted by Crippen LogP contribution is 2.26. The number of benzene rings is 2. The lowest BCUT2D eigenvalue weighted by molar-refractivity contribution is -0.119. The number of amides is 1. The van der Waals surface area contributed by atoms with Gasteiger partial charge in [-0.2, -0.15) is 5.10 Å². The van der Waals surface area contributed by atoms with Crippen molar-refractivity contribution in [2.24, 2.45) is 0 Å². The van der Waals surface area contributed by atoms with Crippen LogP contribution in [0, 0.1) is 11.6 Å². The first-order chi connectivity index (χ1) is 15.0. The number of nitrogens with zero attached hydrogens (tertiary/aromatic N) is 2. The van der Waals surface area contributed by atoms with E-state index in [1.54, 1.807) is 18.2 Å². The second kappa shape index (κ2) is 8.88. The maximum atomic E-state index is 13.3. The lowest BCUT2D eigenvalue weighted by Crippen LogP contribution is -2.22. The fourth-order valence-corrected chi connectivity index (χ4v) is 3.49. The van der Waals surface area contributed by atoms with Gasteiger partial charge in [0.1, 0.15) is 5.69 Å². The monoisotopic (exact) mass is 439 g/mol. The van der Waals surface area contributed by atoms with Crippen molar-refractivity contribution >= 4 is 28.9 Å². The van der Waals surface area contributed by atoms with E-state index in [-0.39, 0.29) is 11.4 Å². The largest absolute Gasteiger partial charge is 0.451 e. The zero-order chi connectivity index (χ0) is 21.8. The van der Waals surface area contributed by atoms with E-state index in [1.807, 2.05) is 35.7 Å². The molecule has 0 fully saturated rings. The van der Waals surface area contributed by atoms with Gasteiger partial charge in [0, 0.05) is 17.8 Å². The molecule has 0 aliphatic heterocycles. The van der Waals surface area contributed by atoms with E-state index < -0.39 is 30.1 Å². The van der Waals surface area contributed by atoms with Crippen molar-refractivity contribution in [3.05, 3.63) is 89.4 Å². The first kappa shape index (κ1) is 20.4. The van der Waals surface area contributed by atoms with Crippen molar-refractivity contribution in [3.8, 4) is 16.3 Å². The van der Waals surface area contributed by atoms with Gasteiger partial charge in [0.05, 0.1) is 10.6 Å². The van der Waals surface area contributed by atoms with E-state index in [4.69, 9.17) is 4.74 Å². The summed E-state index contributed by atoms with van der Waals surface area (Å²) in [5, 5.41) is 8.75. The van der Waals surface area contributed by atoms with Gasteiger partial charge in [-0.15, -0.1) is 11.3 Å². The topological polar surface area (TPSA) is 73.2 Å². The standard InChI is InChI=1S/C22H15F2N3O3S/c23-16-9-8-14(11-17(16)24)25-21(28)13-30-22(29)19-12-18(20-7-4-10-31-20)26-27(19)15-5-2-1-3-6-15/h1-12H,13H2,(H,25,28). The second-order valence-corrected chi connectivity index (χ2v) is 7.34. The molecule has 2 aromatic heterocycles. The number of hydrogen-bond donors (Lipinski definition) is 1. The summed E-state index contributed by atoms with van der Waals surface area (Å²) in [5.74, 6) is -3.56. The molecule has 2 aromatic carbocycles. The van der Waals surface area contributed by atoms with E-state index in [2.05, 4.69) is 10.4 Å². The maximum Gasteiger partial charge on any atom is 0.357 e. The Bertz CT molecular complexity index is 1220. The Balaban J connectivity index is 1.51. The number of esters is 1. The third kappa shape index (κ3) is 4.67. The third-order valence-corrected chi connectivity index (χ3v) is 5.12. The molecule has 0 atom stereocenters. The summed E-state index contributed by atoms with van der Waals surface area (Å²) in [4.78, 5) is 25.6. The molecular weight excluding hydrogens is 424 g/mol. The highest BCUT2D eigenvalue weighted by atomic mass is 32.1. The Hall–Kier alpha value is -3.85. The van der Waals surface area contributed by atoms with Gasteiger partial charge in [0.2, 0.25) is 0 Å². The molecule has 1 N–H and O–H groups in total. The molecular formula is C22H15F2N3O3S. The molecule has 6 nitrogen and oxygen atoms in total. The number of nitrogens with one attached hydrogen (secondary N) is 1. The average Bonchev–Trinajstić information content (AvgIpc) is 3.45. The van der Waals surface area contributed by atoms with Crippen LogP contribution in [0.2, 0.25) is 0 Å². The molecule has 1 amide bonds. The van der Waals surface area contributed by atoms with Crippen LogP contribution in [-0.4, -0.2) is 28.3 Å². The average molecular weight is 439 g/mol. The zero-order valence-electron chi connectivity index (χ0n) is 15.9. The fourth-order valence-electron chi connectivity index (χ4n) is 2.81. The molecule has 0 bridgehead atoms. The molecule has 31 heavy (non-hydrogen) atoms. The van der Waals surface area contributed by atoms with E-state index in [1.165, 1.54) is 22.1 Å². The van der Waals surface area contributed by atoms with E-state index in [9.17, 15) is 18.4 Å². The van der Waals surface area contributed by atoms with Crippen molar-refractivity contribution < 1.29 is 23.1 Å². The van der Waals surface area contributed by atoms with Crippen LogP contribution >= 0.6 is 11.3 Å². The lowest BCUT2D eigenvalue weighted by atomic mass is 10.3. The number of para-hydroxylation sites is 1. The maximum absolute atomic E-state index is 13.3. The third-order valence-electron chi connectivity index (χ3n) is 4.23. The minimum absolute atomic E-state index is 0.0502. The van der Waals surface area contributed by atoms with Gasteiger partial charge < -0.3 is 10.1 Å². The Labute approximate surface area is 179 Å². The number of carbonyl (C=O) groups is 2. The molecule has 0 spiro atoms. The normalized spacial score (nSPS) is 10.6. The molecule has 9 heteroatoms. The van der Waals surface area contributed by atoms with Gasteiger partial charge in [0.15, 0.2) is 23.9 Å². The van der Waals surface area contributed by atoms with Crippen LogP contribution in [0.3, 0.4) is 0 Å². The van der Waals surface area contributed by atoms with Gasteiger partial charge in [-0.25, -0.2) is 18.3 Å². The predicted molar refractivity (Wildman–Crippen MR) is 112 cm³/mol. The Morgan fingerprint density at radius 1 is 1.00 bits per heavy atom. The van der Waals surface area contributed by atoms with E-state index >= 15 is 0 Å². The quantitative estimate of drug-likeness (QED) is 0.443. The van der Waals surface area contributed by atoms with E-state index in [0.29, 0.717) is 11.4 Å². The summed E-state index contributed by atoms with van der Waals surface area (Å²) in [7, 11) is 0. The number of ether oxygens (including phenoxy) is 1. The highest BCUT2D eigenvalue weighted by molar-refractivity contribution is 7.13. The molecule has 0 unspecified atom stereocenters. The fraction of sp³-hybridized carbons (Fsp3) is 0.0455. The van der Waals surface area contributed by atoms with Crippen molar-refractivity contribution in [2.75, 3.05) is 11.9 Å². The minimum Gasteiger partial charge on any atom is -0.451 e. The minimum atomic E-state index is -1.09. The second-order valence-electron chi connectivity index (χ2n) is 6.39. The smallest absolute Gasteiger partial charge is 0.357 e. The van der Waals surface area contributed by atoms with Crippen LogP contribution in [-0.2, 0) is 9.53 Å². The molecule has 156 valence electrons. The summed E-state index contributed by atoms with van der Waals surface area (Å²) in [6, 6.07) is 17.3. The van der Waals surface area contributed by atoms with Gasteiger partial charge in [-0.1, -0.05) is 24.3 Å². The summed E-state index contributed by atoms with van der Waals surface area (Å²) >= 11 is 1.48. The number of halogens is 2. The summed E-state index contributed by atoms with van der Waals surface area (Å²) in [6.07, 6.45) is 0. The molecule has 4 rings (SSSR count). The van der Waals surface area contributed by atoms with Gasteiger partial charge in [-0.3, -0.25) is 4.79 Å². The summed E-state index contributed by atoms with van der Waals surface area (Å²) < 4.78 is 32.8. The molecule has 0 radical (unpaired) electrons. The van der Waals surface area contributed by atoms with Crippen molar-refractivity contribution in [1.29, 1.82) is 0 Å². The van der Waals surface area contributed by atoms with Crippen LogP contribution in [0.25, 0.3) is 16.3 Å². The lowest BCUT2D eigenvalue weighted by Gasteiger charge is -2.08. The molecule has 2 heterocycles. The summed E-state index contributed by atoms with van der Waals surface area (Å²) in [5.41, 5.74) is 1.45. The zero-order valence-corrected chi connectivity index (χ0v) is 16.7. The molecule has 4 aromatic rings. The van der Waals surface area contributed by atoms with Crippen LogP contribution in [0.5, 0.6) is 0 Å². The highest BCUT2D eigenvalue weighted by Gasteiger charge is 2.20. The van der Waals surface area contributed by atoms with Crippen LogP contribution < -0.4 is 5.32 Å². The van der Waals surface area contributed by atoms with E-state index in [0.717, 1.165) is 17.0 Å². The van der Waals surface area contributed by atoms with Crippen LogP contribution in [0.1, 0.15) is 10.5 Å². The Morgan fingerprint density at radius 2 is 1.81 bits per heavy atom. The van der Waals surface area contributed by atoms with Crippen molar-refractivity contribution in [1.82, 2.24) is 9.78 Å². The summed E-state index contributed by atoms with van der Waals surface area (Å²) in [6.45, 7) is -0.605. The number of carbonyl (C=O) groups excluding carboxylic acids is 2. The van der Waals surface area contributed by atoms with Crippen LogP contribution in [0.15, 0.2) is 72.1 Å². The number of rotatable bonds is 6. The number of hydrogen-bond acceptors (Lipinski definition) is 5. The van der Waals surface area contributed by atoms with Crippen LogP contribution in [0.4, 0.5) is 14.5 Å².